The average Bonchev–Trinajstić information content (AvgIpc) is 1.67. The zero-order valence-corrected chi connectivity index (χ0v) is 54.8. The molecule has 17 heteroatoms. The van der Waals surface area contributed by atoms with Gasteiger partial charge >= 0.3 is 47.0 Å². The number of carboxylic acids is 1. The van der Waals surface area contributed by atoms with E-state index in [-0.39, 0.29) is 97.9 Å². The lowest BCUT2D eigenvalue weighted by Crippen LogP contribution is -2.36. The van der Waals surface area contributed by atoms with Crippen LogP contribution < -0.4 is 56.8 Å². The molecule has 0 amide bonds. The van der Waals surface area contributed by atoms with Crippen molar-refractivity contribution in [2.24, 2.45) is 0 Å². The van der Waals surface area contributed by atoms with Gasteiger partial charge in [-0.3, -0.25) is 0 Å². The minimum Gasteiger partial charge on any atom is -0.485 e. The molecule has 0 saturated carbocycles. The van der Waals surface area contributed by atoms with Crippen LogP contribution in [0.1, 0.15) is 91.5 Å². The number of rotatable bonds is 18. The summed E-state index contributed by atoms with van der Waals surface area (Å²) in [6.07, 6.45) is 0. The molecule has 0 atom stereocenters. The van der Waals surface area contributed by atoms with Gasteiger partial charge in [-0.05, 0) is 54.1 Å². The molecular formula is C87H56O17. The zero-order valence-electron chi connectivity index (χ0n) is 54.8. The summed E-state index contributed by atoms with van der Waals surface area (Å²) in [6.45, 7) is 0.0739. The van der Waals surface area contributed by atoms with Crippen molar-refractivity contribution < 1.29 is 81.1 Å². The molecule has 0 bridgehead atoms. The molecule has 104 heavy (non-hydrogen) atoms. The van der Waals surface area contributed by atoms with Gasteiger partial charge in [0.25, 0.3) is 0 Å². The summed E-state index contributed by atoms with van der Waals surface area (Å²) >= 11 is 0. The normalized spacial score (nSPS) is 14.5. The summed E-state index contributed by atoms with van der Waals surface area (Å²) in [5, 5.41) is 10.5. The van der Waals surface area contributed by atoms with E-state index in [2.05, 4.69) is 0 Å². The highest BCUT2D eigenvalue weighted by Gasteiger charge is 2.52. The van der Waals surface area contributed by atoms with Crippen LogP contribution in [0.4, 0.5) is 0 Å². The molecule has 4 aliphatic heterocycles. The number of benzene rings is 13. The van der Waals surface area contributed by atoms with Gasteiger partial charge in [-0.25, -0.2) is 19.2 Å². The van der Waals surface area contributed by atoms with E-state index < -0.39 is 47.0 Å². The average molecular weight is 1370 g/mol. The molecule has 0 saturated heterocycles. The Morgan fingerprint density at radius 3 is 0.721 bits per heavy atom. The van der Waals surface area contributed by atoms with E-state index >= 15 is 14.4 Å². The summed E-state index contributed by atoms with van der Waals surface area (Å²) in [5.41, 5.74) is 4.55. The minimum atomic E-state index is -1.75. The molecule has 506 valence electrons. The quantitative estimate of drug-likeness (QED) is 0.0628. The molecule has 13 aromatic rings. The Balaban J connectivity index is 0.775. The highest BCUT2D eigenvalue weighted by Crippen LogP contribution is 2.58. The molecule has 13 aromatic carbocycles. The van der Waals surface area contributed by atoms with Crippen molar-refractivity contribution in [1.29, 1.82) is 0 Å². The van der Waals surface area contributed by atoms with Crippen LogP contribution in [-0.2, 0) is 29.8 Å². The Morgan fingerprint density at radius 1 is 0.260 bits per heavy atom. The van der Waals surface area contributed by atoms with Crippen LogP contribution in [0.25, 0.3) is 0 Å². The third kappa shape index (κ3) is 11.3. The van der Waals surface area contributed by atoms with Gasteiger partial charge in [0, 0.05) is 44.5 Å². The van der Waals surface area contributed by atoms with Gasteiger partial charge in [-0.15, -0.1) is 0 Å². The molecule has 0 fully saturated rings. The Bertz CT molecular complexity index is 5280. The van der Waals surface area contributed by atoms with E-state index in [1.54, 1.807) is 97.1 Å². The summed E-state index contributed by atoms with van der Waals surface area (Å²) in [4.78, 5) is 59.3. The molecule has 17 nitrogen and oxygen atoms in total. The molecule has 17 rings (SSSR count). The maximum atomic E-state index is 15.7. The van der Waals surface area contributed by atoms with Gasteiger partial charge in [-0.1, -0.05) is 273 Å². The Labute approximate surface area is 594 Å². The summed E-state index contributed by atoms with van der Waals surface area (Å²) in [6, 6.07) is 93.4. The van der Waals surface area contributed by atoms with E-state index in [1.165, 1.54) is 42.5 Å². The molecule has 0 spiro atoms. The topological polar surface area (TPSA) is 199 Å². The summed E-state index contributed by atoms with van der Waals surface area (Å²) in [5.74, 6) is -11.9. The van der Waals surface area contributed by atoms with Crippen molar-refractivity contribution in [3.05, 3.63) is 394 Å². The largest absolute Gasteiger partial charge is 0.485 e. The van der Waals surface area contributed by atoms with Gasteiger partial charge in [-0.2, -0.15) is 0 Å². The second-order valence-electron chi connectivity index (χ2n) is 24.7. The number of ether oxygens (including phenoxy) is 12. The van der Waals surface area contributed by atoms with Crippen molar-refractivity contribution in [3.63, 3.8) is 0 Å². The molecule has 0 radical (unpaired) electrons. The lowest BCUT2D eigenvalue weighted by atomic mass is 9.97. The molecule has 0 aliphatic carbocycles. The maximum absolute atomic E-state index is 15.7. The first-order valence-electron chi connectivity index (χ1n) is 33.2. The van der Waals surface area contributed by atoms with Crippen LogP contribution in [0.5, 0.6) is 69.0 Å². The zero-order chi connectivity index (χ0) is 70.4. The fourth-order valence-corrected chi connectivity index (χ4v) is 13.2. The van der Waals surface area contributed by atoms with E-state index in [0.717, 1.165) is 11.6 Å². The lowest BCUT2D eigenvalue weighted by molar-refractivity contribution is -0.0471. The van der Waals surface area contributed by atoms with E-state index in [0.29, 0.717) is 44.5 Å². The SMILES string of the molecule is O=C(O)c1cc(OC(=O)c2cc(OC(=O)c3cc(OC(=O)c4cc(OCc5ccccc5)c5c(c4)OC(c4ccccc4)(c4ccccc4)O5)c4c(c3)OC(c3ccccc3)(c3ccccc3)O4)c3c(c2)OC(c2ccccc2)(c2ccccc2)O3)c2c(c1)OC(c1ccccc1)(c1ccccc1)O2. The standard InChI is InChI=1S/C87H56O17/c88-80(89)56-46-69(77-72(47-56)97-85(102-77,62-34-16-4-17-35-62)63-36-18-5-19-37-63)94-82(91)58-49-71(79-74(52-58)99-87(104-79,66-42-24-8-25-43-66)67-44-26-9-27-45-67)96-83(92)59-50-70(78-75(53-59)100-86(103-78,64-38-20-6-21-39-64)65-40-22-7-23-41-65)95-81(90)57-48-68(93-54-55-28-10-1-11-29-55)76-73(51-57)98-84(101-76,60-30-12-2-13-31-60)61-32-14-3-15-33-61/h1-53H,54H2,(H,88,89). The van der Waals surface area contributed by atoms with E-state index in [9.17, 15) is 9.90 Å². The first-order chi connectivity index (χ1) is 50.9. The number of carbonyl (C=O) groups excluding carboxylic acids is 3. The fourth-order valence-electron chi connectivity index (χ4n) is 13.2. The third-order valence-corrected chi connectivity index (χ3v) is 18.1. The second-order valence-corrected chi connectivity index (χ2v) is 24.7. The van der Waals surface area contributed by atoms with Gasteiger partial charge in [0.15, 0.2) is 46.0 Å². The fraction of sp³-hybridized carbons (Fsp3) is 0.0575. The van der Waals surface area contributed by atoms with Gasteiger partial charge in [0.05, 0.1) is 22.3 Å². The van der Waals surface area contributed by atoms with Crippen LogP contribution in [0.15, 0.2) is 322 Å². The highest BCUT2D eigenvalue weighted by atomic mass is 16.8. The molecular weight excluding hydrogens is 1320 g/mol. The Kier molecular flexibility index (Phi) is 15.8. The highest BCUT2D eigenvalue weighted by molar-refractivity contribution is 5.98. The second kappa shape index (κ2) is 25.9. The van der Waals surface area contributed by atoms with Crippen LogP contribution >= 0.6 is 0 Å². The van der Waals surface area contributed by atoms with Gasteiger partial charge in [0.2, 0.25) is 23.0 Å². The Morgan fingerprint density at radius 2 is 0.471 bits per heavy atom. The molecule has 0 aromatic heterocycles. The van der Waals surface area contributed by atoms with Crippen LogP contribution in [0.2, 0.25) is 0 Å². The molecule has 1 N–H and O–H groups in total. The number of fused-ring (bicyclic) bond motifs is 4. The third-order valence-electron chi connectivity index (χ3n) is 18.1. The molecule has 4 heterocycles. The van der Waals surface area contributed by atoms with Crippen LogP contribution in [0.3, 0.4) is 0 Å². The maximum Gasteiger partial charge on any atom is 0.343 e. The first-order valence-corrected chi connectivity index (χ1v) is 33.2. The number of hydrogen-bond donors (Lipinski definition) is 1. The van der Waals surface area contributed by atoms with Crippen molar-refractivity contribution >= 4 is 23.9 Å². The smallest absolute Gasteiger partial charge is 0.343 e. The van der Waals surface area contributed by atoms with Crippen LogP contribution in [-0.4, -0.2) is 29.0 Å². The van der Waals surface area contributed by atoms with Crippen molar-refractivity contribution in [3.8, 4) is 69.0 Å². The van der Waals surface area contributed by atoms with E-state index in [1.807, 2.05) is 176 Å². The van der Waals surface area contributed by atoms with Crippen molar-refractivity contribution in [1.82, 2.24) is 0 Å². The Hall–Kier alpha value is -14.1. The lowest BCUT2D eigenvalue weighted by Gasteiger charge is -2.28. The monoisotopic (exact) mass is 1370 g/mol. The summed E-state index contributed by atoms with van der Waals surface area (Å²) in [7, 11) is 0. The minimum absolute atomic E-state index is 0.0306. The predicted octanol–water partition coefficient (Wildman–Crippen LogP) is 17.3. The predicted molar refractivity (Wildman–Crippen MR) is 378 cm³/mol. The van der Waals surface area contributed by atoms with E-state index in [4.69, 9.17) is 56.8 Å². The van der Waals surface area contributed by atoms with Crippen LogP contribution in [0, 0.1) is 0 Å². The first kappa shape index (κ1) is 63.4. The molecule has 4 aliphatic rings. The molecule has 0 unspecified atom stereocenters. The van der Waals surface area contributed by atoms with Crippen molar-refractivity contribution in [2.45, 2.75) is 29.8 Å². The number of carbonyl (C=O) groups is 4. The van der Waals surface area contributed by atoms with Gasteiger partial charge < -0.3 is 61.9 Å². The number of hydrogen-bond acceptors (Lipinski definition) is 16. The number of carboxylic acid groups (broad SMARTS) is 1. The number of aromatic carboxylic acids is 1. The van der Waals surface area contributed by atoms with Gasteiger partial charge in [0.1, 0.15) is 6.61 Å². The summed E-state index contributed by atoms with van der Waals surface area (Å²) < 4.78 is 80.9. The number of esters is 3. The van der Waals surface area contributed by atoms with Crippen molar-refractivity contribution in [2.75, 3.05) is 0 Å².